The number of rotatable bonds is 7. The third-order valence-corrected chi connectivity index (χ3v) is 3.82. The van der Waals surface area contributed by atoms with Crippen LogP contribution in [0, 0.1) is 5.92 Å². The van der Waals surface area contributed by atoms with Gasteiger partial charge >= 0.3 is 0 Å². The molecule has 0 saturated heterocycles. The Bertz CT molecular complexity index is 482. The van der Waals surface area contributed by atoms with Gasteiger partial charge in [-0.1, -0.05) is 20.3 Å². The highest BCUT2D eigenvalue weighted by Gasteiger charge is 2.23. The van der Waals surface area contributed by atoms with E-state index < -0.39 is 6.04 Å². The van der Waals surface area contributed by atoms with Gasteiger partial charge in [0.1, 0.15) is 11.5 Å². The van der Waals surface area contributed by atoms with Crippen molar-refractivity contribution in [2.45, 2.75) is 32.9 Å². The number of halogens is 1. The first-order valence-electron chi connectivity index (χ1n) is 7.16. The Kier molecular flexibility index (Phi) is 8.90. The first-order chi connectivity index (χ1) is 9.94. The monoisotopic (exact) mass is 330 g/mol. The molecule has 2 unspecified atom stereocenters. The lowest BCUT2D eigenvalue weighted by Gasteiger charge is -2.25. The van der Waals surface area contributed by atoms with Crippen LogP contribution in [0.15, 0.2) is 18.2 Å². The summed E-state index contributed by atoms with van der Waals surface area (Å²) in [7, 11) is 4.97. The van der Waals surface area contributed by atoms with E-state index in [1.54, 1.807) is 26.2 Å². The summed E-state index contributed by atoms with van der Waals surface area (Å²) in [6.45, 7) is 4.48. The SMILES string of the molecule is CCC(C)C(N)C(=O)N(C)Cc1ccc(OC)cc1OC.Cl. The van der Waals surface area contributed by atoms with Crippen LogP contribution in [0.1, 0.15) is 25.8 Å². The summed E-state index contributed by atoms with van der Waals surface area (Å²) in [5.41, 5.74) is 6.92. The second-order valence-corrected chi connectivity index (χ2v) is 5.28. The molecule has 0 bridgehead atoms. The molecule has 22 heavy (non-hydrogen) atoms. The predicted octanol–water partition coefficient (Wildman–Crippen LogP) is 2.46. The molecule has 0 radical (unpaired) electrons. The highest BCUT2D eigenvalue weighted by Crippen LogP contribution is 2.25. The molecule has 1 rings (SSSR count). The first kappa shape index (κ1) is 20.5. The number of carbonyl (C=O) groups excluding carboxylic acids is 1. The number of carbonyl (C=O) groups is 1. The molecule has 0 aliphatic heterocycles. The van der Waals surface area contributed by atoms with Gasteiger partial charge in [0.25, 0.3) is 0 Å². The molecule has 0 fully saturated rings. The van der Waals surface area contributed by atoms with Crippen molar-refractivity contribution >= 4 is 18.3 Å². The van der Waals surface area contributed by atoms with Crippen LogP contribution < -0.4 is 15.2 Å². The Labute approximate surface area is 139 Å². The Morgan fingerprint density at radius 3 is 2.45 bits per heavy atom. The molecule has 126 valence electrons. The van der Waals surface area contributed by atoms with E-state index in [1.807, 2.05) is 32.0 Å². The summed E-state index contributed by atoms with van der Waals surface area (Å²) >= 11 is 0. The number of benzene rings is 1. The van der Waals surface area contributed by atoms with Crippen molar-refractivity contribution in [1.29, 1.82) is 0 Å². The van der Waals surface area contributed by atoms with Gasteiger partial charge in [0.2, 0.25) is 5.91 Å². The highest BCUT2D eigenvalue weighted by atomic mass is 35.5. The molecular weight excluding hydrogens is 304 g/mol. The molecule has 6 heteroatoms. The molecule has 1 aromatic carbocycles. The van der Waals surface area contributed by atoms with Crippen molar-refractivity contribution in [2.24, 2.45) is 11.7 Å². The lowest BCUT2D eigenvalue weighted by atomic mass is 9.99. The lowest BCUT2D eigenvalue weighted by Crippen LogP contribution is -2.45. The van der Waals surface area contributed by atoms with Crippen molar-refractivity contribution in [3.63, 3.8) is 0 Å². The number of nitrogens with zero attached hydrogens (tertiary/aromatic N) is 1. The second-order valence-electron chi connectivity index (χ2n) is 5.28. The van der Waals surface area contributed by atoms with Crippen LogP contribution in [0.25, 0.3) is 0 Å². The summed E-state index contributed by atoms with van der Waals surface area (Å²) < 4.78 is 10.5. The molecule has 5 nitrogen and oxygen atoms in total. The number of hydrogen-bond acceptors (Lipinski definition) is 4. The maximum Gasteiger partial charge on any atom is 0.239 e. The number of methoxy groups -OCH3 is 2. The fourth-order valence-electron chi connectivity index (χ4n) is 2.07. The molecule has 1 amide bonds. The minimum absolute atomic E-state index is 0. The van der Waals surface area contributed by atoms with Crippen molar-refractivity contribution in [3.05, 3.63) is 23.8 Å². The fourth-order valence-corrected chi connectivity index (χ4v) is 2.07. The van der Waals surface area contributed by atoms with Crippen molar-refractivity contribution in [1.82, 2.24) is 4.90 Å². The van der Waals surface area contributed by atoms with Crippen LogP contribution in [0.4, 0.5) is 0 Å². The standard InChI is InChI=1S/C16H26N2O3.ClH/c1-6-11(2)15(17)16(19)18(3)10-12-7-8-13(20-4)9-14(12)21-5;/h7-9,11,15H,6,10,17H2,1-5H3;1H. The van der Waals surface area contributed by atoms with E-state index in [-0.39, 0.29) is 24.2 Å². The molecule has 0 aliphatic rings. The van der Waals surface area contributed by atoms with Gasteiger partial charge in [-0.05, 0) is 18.1 Å². The van der Waals surface area contributed by atoms with Crippen molar-refractivity contribution in [2.75, 3.05) is 21.3 Å². The smallest absolute Gasteiger partial charge is 0.239 e. The zero-order chi connectivity index (χ0) is 16.0. The largest absolute Gasteiger partial charge is 0.497 e. The zero-order valence-electron chi connectivity index (χ0n) is 14.0. The molecule has 0 saturated carbocycles. The maximum absolute atomic E-state index is 12.3. The zero-order valence-corrected chi connectivity index (χ0v) is 14.8. The van der Waals surface area contributed by atoms with Gasteiger partial charge < -0.3 is 20.1 Å². The molecule has 1 aromatic rings. The van der Waals surface area contributed by atoms with Crippen LogP contribution in [-0.4, -0.2) is 38.1 Å². The average Bonchev–Trinajstić information content (AvgIpc) is 2.52. The predicted molar refractivity (Wildman–Crippen MR) is 90.7 cm³/mol. The highest BCUT2D eigenvalue weighted by molar-refractivity contribution is 5.85. The molecule has 2 N–H and O–H groups in total. The van der Waals surface area contributed by atoms with Gasteiger partial charge in [-0.3, -0.25) is 4.79 Å². The number of ether oxygens (including phenoxy) is 2. The summed E-state index contributed by atoms with van der Waals surface area (Å²) in [6.07, 6.45) is 0.882. The van der Waals surface area contributed by atoms with Gasteiger partial charge in [0.05, 0.1) is 20.3 Å². The van der Waals surface area contributed by atoms with Crippen LogP contribution in [0.3, 0.4) is 0 Å². The number of likely N-dealkylation sites (N-methyl/N-ethyl adjacent to an activating group) is 1. The Morgan fingerprint density at radius 2 is 1.95 bits per heavy atom. The van der Waals surface area contributed by atoms with E-state index in [2.05, 4.69) is 0 Å². The molecule has 0 aromatic heterocycles. The number of hydrogen-bond donors (Lipinski definition) is 1. The average molecular weight is 331 g/mol. The van der Waals surface area contributed by atoms with Crippen molar-refractivity contribution in [3.8, 4) is 11.5 Å². The summed E-state index contributed by atoms with van der Waals surface area (Å²) in [6, 6.07) is 5.09. The van der Waals surface area contributed by atoms with Gasteiger partial charge in [0, 0.05) is 25.2 Å². The molecule has 0 spiro atoms. The summed E-state index contributed by atoms with van der Waals surface area (Å²) in [4.78, 5) is 13.9. The van der Waals surface area contributed by atoms with Gasteiger partial charge in [-0.25, -0.2) is 0 Å². The Morgan fingerprint density at radius 1 is 1.32 bits per heavy atom. The summed E-state index contributed by atoms with van der Waals surface area (Å²) in [5, 5.41) is 0. The van der Waals surface area contributed by atoms with E-state index in [1.165, 1.54) is 0 Å². The quantitative estimate of drug-likeness (QED) is 0.834. The lowest BCUT2D eigenvalue weighted by molar-refractivity contribution is -0.132. The van der Waals surface area contributed by atoms with Gasteiger partial charge in [-0.2, -0.15) is 0 Å². The second kappa shape index (κ2) is 9.54. The molecule has 0 aliphatic carbocycles. The third kappa shape index (κ3) is 5.07. The minimum Gasteiger partial charge on any atom is -0.497 e. The van der Waals surface area contributed by atoms with E-state index in [9.17, 15) is 4.79 Å². The van der Waals surface area contributed by atoms with Gasteiger partial charge in [0.15, 0.2) is 0 Å². The van der Waals surface area contributed by atoms with Crippen LogP contribution in [-0.2, 0) is 11.3 Å². The molecular formula is C16H27ClN2O3. The van der Waals surface area contributed by atoms with E-state index in [0.717, 1.165) is 17.7 Å². The Balaban J connectivity index is 0.00000441. The summed E-state index contributed by atoms with van der Waals surface area (Å²) in [5.74, 6) is 1.53. The number of amides is 1. The van der Waals surface area contributed by atoms with E-state index in [4.69, 9.17) is 15.2 Å². The minimum atomic E-state index is -0.468. The number of nitrogens with two attached hydrogens (primary N) is 1. The molecule has 0 heterocycles. The third-order valence-electron chi connectivity index (χ3n) is 3.82. The van der Waals surface area contributed by atoms with Crippen LogP contribution in [0.2, 0.25) is 0 Å². The van der Waals surface area contributed by atoms with E-state index in [0.29, 0.717) is 12.3 Å². The normalized spacial score (nSPS) is 12.8. The van der Waals surface area contributed by atoms with Gasteiger partial charge in [-0.15, -0.1) is 12.4 Å². The fraction of sp³-hybridized carbons (Fsp3) is 0.562. The van der Waals surface area contributed by atoms with Crippen LogP contribution in [0.5, 0.6) is 11.5 Å². The maximum atomic E-state index is 12.3. The first-order valence-corrected chi connectivity index (χ1v) is 7.16. The van der Waals surface area contributed by atoms with Crippen molar-refractivity contribution < 1.29 is 14.3 Å². The van der Waals surface area contributed by atoms with Crippen LogP contribution >= 0.6 is 12.4 Å². The van der Waals surface area contributed by atoms with E-state index >= 15 is 0 Å². The molecule has 2 atom stereocenters. The Hall–Kier alpha value is -1.46. The topological polar surface area (TPSA) is 64.8 Å².